The number of rotatable bonds is 4. The van der Waals surface area contributed by atoms with E-state index in [1.54, 1.807) is 31.5 Å². The molecule has 0 radical (unpaired) electrons. The van der Waals surface area contributed by atoms with Gasteiger partial charge in [-0.2, -0.15) is 0 Å². The molecule has 0 aliphatic heterocycles. The quantitative estimate of drug-likeness (QED) is 0.701. The highest BCUT2D eigenvalue weighted by Crippen LogP contribution is 2.21. The van der Waals surface area contributed by atoms with E-state index in [4.69, 9.17) is 5.73 Å². The zero-order valence-corrected chi connectivity index (χ0v) is 14.7. The van der Waals surface area contributed by atoms with E-state index in [1.165, 1.54) is 12.1 Å². The third kappa shape index (κ3) is 3.39. The Hall–Kier alpha value is -3.29. The van der Waals surface area contributed by atoms with Gasteiger partial charge in [-0.15, -0.1) is 10.2 Å². The fraction of sp³-hybridized carbons (Fsp3) is 0.222. The lowest BCUT2D eigenvalue weighted by Gasteiger charge is -2.11. The van der Waals surface area contributed by atoms with E-state index < -0.39 is 11.7 Å². The first-order valence-corrected chi connectivity index (χ1v) is 8.10. The molecule has 134 valence electrons. The molecule has 0 spiro atoms. The van der Waals surface area contributed by atoms with Gasteiger partial charge >= 0.3 is 0 Å². The van der Waals surface area contributed by atoms with Gasteiger partial charge in [0.25, 0.3) is 5.91 Å². The SMILES string of the molecule is Cc1cc(F)c(C(=O)Nc2cccc(-c3nncn3C(C)C)n2)cc1N. The van der Waals surface area contributed by atoms with Crippen molar-refractivity contribution in [1.29, 1.82) is 0 Å². The van der Waals surface area contributed by atoms with Crippen LogP contribution in [0.3, 0.4) is 0 Å². The molecule has 7 nitrogen and oxygen atoms in total. The summed E-state index contributed by atoms with van der Waals surface area (Å²) in [6.07, 6.45) is 1.62. The van der Waals surface area contributed by atoms with Crippen LogP contribution < -0.4 is 11.1 Å². The minimum absolute atomic E-state index is 0.134. The van der Waals surface area contributed by atoms with Crippen LogP contribution in [-0.4, -0.2) is 25.7 Å². The number of pyridine rings is 1. The zero-order chi connectivity index (χ0) is 18.8. The highest BCUT2D eigenvalue weighted by Gasteiger charge is 2.16. The number of carbonyl (C=O) groups excluding carboxylic acids is 1. The molecule has 3 rings (SSSR count). The molecular weight excluding hydrogens is 335 g/mol. The zero-order valence-electron chi connectivity index (χ0n) is 14.7. The molecule has 1 aromatic carbocycles. The number of nitrogens with two attached hydrogens (primary N) is 1. The molecule has 0 aliphatic carbocycles. The van der Waals surface area contributed by atoms with Gasteiger partial charge in [0.2, 0.25) is 0 Å². The summed E-state index contributed by atoms with van der Waals surface area (Å²) < 4.78 is 15.9. The van der Waals surface area contributed by atoms with Crippen molar-refractivity contribution in [2.45, 2.75) is 26.8 Å². The summed E-state index contributed by atoms with van der Waals surface area (Å²) in [6.45, 7) is 5.68. The maximum absolute atomic E-state index is 14.1. The number of anilines is 2. The maximum Gasteiger partial charge on any atom is 0.259 e. The number of hydrogen-bond donors (Lipinski definition) is 2. The van der Waals surface area contributed by atoms with E-state index in [1.807, 2.05) is 18.4 Å². The number of halogens is 1. The van der Waals surface area contributed by atoms with E-state index in [-0.39, 0.29) is 17.4 Å². The van der Waals surface area contributed by atoms with Gasteiger partial charge in [-0.1, -0.05) is 6.07 Å². The Morgan fingerprint density at radius 3 is 2.81 bits per heavy atom. The maximum atomic E-state index is 14.1. The summed E-state index contributed by atoms with van der Waals surface area (Å²) in [7, 11) is 0. The molecule has 2 heterocycles. The van der Waals surface area contributed by atoms with Gasteiger partial charge in [-0.3, -0.25) is 4.79 Å². The van der Waals surface area contributed by atoms with Crippen molar-refractivity contribution in [2.75, 3.05) is 11.1 Å². The predicted octanol–water partition coefficient (Wildman–Crippen LogP) is 3.20. The second-order valence-corrected chi connectivity index (χ2v) is 6.21. The number of nitrogen functional groups attached to an aromatic ring is 1. The molecule has 0 aliphatic rings. The molecular formula is C18H19FN6O. The Morgan fingerprint density at radius 2 is 2.08 bits per heavy atom. The number of benzene rings is 1. The number of aryl methyl sites for hydroxylation is 1. The fourth-order valence-electron chi connectivity index (χ4n) is 2.48. The molecule has 2 aromatic heterocycles. The van der Waals surface area contributed by atoms with Gasteiger partial charge in [0.1, 0.15) is 23.7 Å². The van der Waals surface area contributed by atoms with Crippen molar-refractivity contribution in [3.8, 4) is 11.5 Å². The van der Waals surface area contributed by atoms with Crippen LogP contribution in [0.4, 0.5) is 15.9 Å². The second kappa shape index (κ2) is 6.91. The van der Waals surface area contributed by atoms with Gasteiger partial charge in [0.05, 0.1) is 5.56 Å². The van der Waals surface area contributed by atoms with E-state index in [0.717, 1.165) is 0 Å². The molecule has 0 unspecified atom stereocenters. The highest BCUT2D eigenvalue weighted by molar-refractivity contribution is 6.04. The lowest BCUT2D eigenvalue weighted by Crippen LogP contribution is -2.16. The lowest BCUT2D eigenvalue weighted by molar-refractivity contribution is 0.102. The molecule has 0 saturated heterocycles. The van der Waals surface area contributed by atoms with Gasteiger partial charge in [0.15, 0.2) is 5.82 Å². The topological polar surface area (TPSA) is 98.7 Å². The predicted molar refractivity (Wildman–Crippen MR) is 97.1 cm³/mol. The van der Waals surface area contributed by atoms with Crippen LogP contribution in [0, 0.1) is 12.7 Å². The fourth-order valence-corrected chi connectivity index (χ4v) is 2.48. The molecule has 0 bridgehead atoms. The Labute approximate surface area is 150 Å². The monoisotopic (exact) mass is 354 g/mol. The first kappa shape index (κ1) is 17.5. The van der Waals surface area contributed by atoms with Gasteiger partial charge in [-0.25, -0.2) is 9.37 Å². The minimum atomic E-state index is -0.634. The summed E-state index contributed by atoms with van der Waals surface area (Å²) in [5, 5.41) is 10.6. The van der Waals surface area contributed by atoms with Crippen molar-refractivity contribution < 1.29 is 9.18 Å². The molecule has 3 aromatic rings. The molecule has 8 heteroatoms. The van der Waals surface area contributed by atoms with Crippen LogP contribution in [0.1, 0.15) is 35.8 Å². The molecule has 0 fully saturated rings. The summed E-state index contributed by atoms with van der Waals surface area (Å²) in [5.74, 6) is -0.389. The summed E-state index contributed by atoms with van der Waals surface area (Å²) >= 11 is 0. The van der Waals surface area contributed by atoms with E-state index >= 15 is 0 Å². The summed E-state index contributed by atoms with van der Waals surface area (Å²) in [5.41, 5.74) is 7.12. The van der Waals surface area contributed by atoms with Crippen LogP contribution in [0.5, 0.6) is 0 Å². The van der Waals surface area contributed by atoms with Gasteiger partial charge in [-0.05, 0) is 50.6 Å². The third-order valence-electron chi connectivity index (χ3n) is 3.95. The van der Waals surface area contributed by atoms with Crippen LogP contribution in [0.25, 0.3) is 11.5 Å². The number of amides is 1. The average Bonchev–Trinajstić information content (AvgIpc) is 3.08. The standard InChI is InChI=1S/C18H19FN6O/c1-10(2)25-9-21-24-17(25)15-5-4-6-16(22-15)23-18(26)12-8-14(20)11(3)7-13(12)19/h4-10H,20H2,1-3H3,(H,22,23,26). The van der Waals surface area contributed by atoms with Crippen molar-refractivity contribution in [1.82, 2.24) is 19.7 Å². The normalized spacial score (nSPS) is 11.0. The summed E-state index contributed by atoms with van der Waals surface area (Å²) in [6, 6.07) is 7.83. The van der Waals surface area contributed by atoms with Crippen molar-refractivity contribution in [2.24, 2.45) is 0 Å². The van der Waals surface area contributed by atoms with Gasteiger partial charge in [0, 0.05) is 11.7 Å². The van der Waals surface area contributed by atoms with E-state index in [2.05, 4.69) is 20.5 Å². The van der Waals surface area contributed by atoms with Crippen molar-refractivity contribution in [3.05, 3.63) is 53.6 Å². The number of nitrogens with one attached hydrogen (secondary N) is 1. The van der Waals surface area contributed by atoms with Gasteiger partial charge < -0.3 is 15.6 Å². The second-order valence-electron chi connectivity index (χ2n) is 6.21. The van der Waals surface area contributed by atoms with Crippen molar-refractivity contribution >= 4 is 17.4 Å². The molecule has 0 saturated carbocycles. The molecule has 26 heavy (non-hydrogen) atoms. The Kier molecular flexibility index (Phi) is 4.66. The van der Waals surface area contributed by atoms with Crippen LogP contribution in [0.2, 0.25) is 0 Å². The lowest BCUT2D eigenvalue weighted by atomic mass is 10.1. The van der Waals surface area contributed by atoms with Crippen LogP contribution >= 0.6 is 0 Å². The average molecular weight is 354 g/mol. The largest absolute Gasteiger partial charge is 0.398 e. The molecule has 0 atom stereocenters. The first-order valence-electron chi connectivity index (χ1n) is 8.10. The highest BCUT2D eigenvalue weighted by atomic mass is 19.1. The third-order valence-corrected chi connectivity index (χ3v) is 3.95. The smallest absolute Gasteiger partial charge is 0.259 e. The van der Waals surface area contributed by atoms with E-state index in [9.17, 15) is 9.18 Å². The summed E-state index contributed by atoms with van der Waals surface area (Å²) in [4.78, 5) is 16.8. The Bertz CT molecular complexity index is 966. The number of nitrogens with zero attached hydrogens (tertiary/aromatic N) is 4. The number of hydrogen-bond acceptors (Lipinski definition) is 5. The van der Waals surface area contributed by atoms with E-state index in [0.29, 0.717) is 22.8 Å². The van der Waals surface area contributed by atoms with Crippen molar-refractivity contribution in [3.63, 3.8) is 0 Å². The minimum Gasteiger partial charge on any atom is -0.398 e. The van der Waals surface area contributed by atoms with Crippen LogP contribution in [-0.2, 0) is 0 Å². The first-order chi connectivity index (χ1) is 12.4. The molecule has 3 N–H and O–H groups in total. The Balaban J connectivity index is 1.89. The molecule has 1 amide bonds. The number of carbonyl (C=O) groups is 1. The van der Waals surface area contributed by atoms with Crippen LogP contribution in [0.15, 0.2) is 36.7 Å². The number of aromatic nitrogens is 4. The Morgan fingerprint density at radius 1 is 1.31 bits per heavy atom.